The molecule has 0 aliphatic carbocycles. The first-order valence-electron chi connectivity index (χ1n) is 11.2. The molecule has 8 heteroatoms. The van der Waals surface area contributed by atoms with Crippen LogP contribution in [0.5, 0.6) is 11.5 Å². The van der Waals surface area contributed by atoms with Crippen molar-refractivity contribution in [2.45, 2.75) is 24.4 Å². The molecule has 35 heavy (non-hydrogen) atoms. The van der Waals surface area contributed by atoms with E-state index in [2.05, 4.69) is 10.0 Å². The van der Waals surface area contributed by atoms with Gasteiger partial charge in [0.15, 0.2) is 11.5 Å². The van der Waals surface area contributed by atoms with E-state index in [4.69, 9.17) is 9.47 Å². The van der Waals surface area contributed by atoms with Gasteiger partial charge in [-0.3, -0.25) is 4.79 Å². The molecule has 1 atom stereocenters. The van der Waals surface area contributed by atoms with E-state index < -0.39 is 10.0 Å². The zero-order valence-electron chi connectivity index (χ0n) is 19.0. The van der Waals surface area contributed by atoms with Crippen LogP contribution in [-0.2, 0) is 16.6 Å². The molecule has 0 radical (unpaired) electrons. The second kappa shape index (κ2) is 9.40. The number of nitrogens with one attached hydrogen (secondary N) is 2. The number of amides is 1. The van der Waals surface area contributed by atoms with Crippen LogP contribution >= 0.6 is 0 Å². The van der Waals surface area contributed by atoms with Gasteiger partial charge in [0, 0.05) is 12.1 Å². The van der Waals surface area contributed by atoms with Crippen LogP contribution in [0, 0.1) is 0 Å². The normalized spacial score (nSPS) is 13.5. The molecule has 1 amide bonds. The topological polar surface area (TPSA) is 93.7 Å². The van der Waals surface area contributed by atoms with E-state index in [1.165, 1.54) is 12.1 Å². The quantitative estimate of drug-likeness (QED) is 0.398. The Bertz CT molecular complexity index is 1520. The monoisotopic (exact) mass is 488 g/mol. The van der Waals surface area contributed by atoms with E-state index in [1.54, 1.807) is 30.3 Å². The van der Waals surface area contributed by atoms with Crippen molar-refractivity contribution in [3.05, 3.63) is 102 Å². The van der Waals surface area contributed by atoms with E-state index in [9.17, 15) is 13.2 Å². The molecule has 4 aromatic rings. The van der Waals surface area contributed by atoms with Crippen LogP contribution < -0.4 is 19.5 Å². The van der Waals surface area contributed by atoms with Crippen LogP contribution in [0.25, 0.3) is 10.8 Å². The smallest absolute Gasteiger partial charge is 0.251 e. The zero-order valence-corrected chi connectivity index (χ0v) is 19.8. The predicted octanol–water partition coefficient (Wildman–Crippen LogP) is 4.54. The Morgan fingerprint density at radius 1 is 0.886 bits per heavy atom. The van der Waals surface area contributed by atoms with Crippen LogP contribution in [0.3, 0.4) is 0 Å². The maximum absolute atomic E-state index is 12.9. The second-order valence-electron chi connectivity index (χ2n) is 8.34. The lowest BCUT2D eigenvalue weighted by molar-refractivity contribution is 0.0939. The summed E-state index contributed by atoms with van der Waals surface area (Å²) in [5, 5.41) is 5.17. The highest BCUT2D eigenvalue weighted by Gasteiger charge is 2.19. The summed E-state index contributed by atoms with van der Waals surface area (Å²) in [5.74, 6) is 0.868. The van der Waals surface area contributed by atoms with Gasteiger partial charge >= 0.3 is 0 Å². The molecule has 0 saturated carbocycles. The number of rotatable bonds is 7. The van der Waals surface area contributed by atoms with Gasteiger partial charge in [-0.15, -0.1) is 0 Å². The van der Waals surface area contributed by atoms with Crippen molar-refractivity contribution in [1.82, 2.24) is 10.0 Å². The zero-order chi connectivity index (χ0) is 24.4. The molecule has 178 valence electrons. The number of benzene rings is 4. The minimum Gasteiger partial charge on any atom is -0.454 e. The Labute approximate surface area is 203 Å². The first kappa shape index (κ1) is 22.9. The highest BCUT2D eigenvalue weighted by Crippen LogP contribution is 2.32. The highest BCUT2D eigenvalue weighted by molar-refractivity contribution is 7.89. The van der Waals surface area contributed by atoms with Gasteiger partial charge in [0.25, 0.3) is 5.91 Å². The van der Waals surface area contributed by atoms with Gasteiger partial charge in [-0.25, -0.2) is 13.1 Å². The van der Waals surface area contributed by atoms with Crippen molar-refractivity contribution in [3.8, 4) is 11.5 Å². The molecule has 1 aliphatic rings. The maximum Gasteiger partial charge on any atom is 0.251 e. The molecule has 5 rings (SSSR count). The number of hydrogen-bond acceptors (Lipinski definition) is 5. The first-order valence-corrected chi connectivity index (χ1v) is 12.7. The Kier molecular flexibility index (Phi) is 6.15. The van der Waals surface area contributed by atoms with Crippen LogP contribution in [0.15, 0.2) is 89.8 Å². The van der Waals surface area contributed by atoms with E-state index in [-0.39, 0.29) is 35.7 Å². The Morgan fingerprint density at radius 2 is 1.69 bits per heavy atom. The summed E-state index contributed by atoms with van der Waals surface area (Å²) in [5.41, 5.74) is 1.96. The third-order valence-corrected chi connectivity index (χ3v) is 7.33. The van der Waals surface area contributed by atoms with Crippen molar-refractivity contribution in [3.63, 3.8) is 0 Å². The largest absolute Gasteiger partial charge is 0.454 e. The van der Waals surface area contributed by atoms with E-state index in [0.717, 1.165) is 21.9 Å². The van der Waals surface area contributed by atoms with Gasteiger partial charge in [-0.1, -0.05) is 48.5 Å². The maximum atomic E-state index is 12.9. The summed E-state index contributed by atoms with van der Waals surface area (Å²) >= 11 is 0. The van der Waals surface area contributed by atoms with Crippen LogP contribution in [0.2, 0.25) is 0 Å². The summed E-state index contributed by atoms with van der Waals surface area (Å²) < 4.78 is 39.0. The van der Waals surface area contributed by atoms with E-state index in [0.29, 0.717) is 11.5 Å². The van der Waals surface area contributed by atoms with E-state index in [1.807, 2.05) is 49.4 Å². The fourth-order valence-corrected chi connectivity index (χ4v) is 5.02. The average molecular weight is 489 g/mol. The van der Waals surface area contributed by atoms with Gasteiger partial charge in [0.2, 0.25) is 16.8 Å². The van der Waals surface area contributed by atoms with Crippen molar-refractivity contribution in [2.75, 3.05) is 6.79 Å². The predicted molar refractivity (Wildman–Crippen MR) is 133 cm³/mol. The van der Waals surface area contributed by atoms with Crippen LogP contribution in [0.1, 0.15) is 34.5 Å². The number of sulfonamides is 1. The van der Waals surface area contributed by atoms with Crippen LogP contribution in [0.4, 0.5) is 0 Å². The summed E-state index contributed by atoms with van der Waals surface area (Å²) in [7, 11) is -3.84. The summed E-state index contributed by atoms with van der Waals surface area (Å²) in [6, 6.07) is 25.1. The number of carbonyl (C=O) groups excluding carboxylic acids is 1. The van der Waals surface area contributed by atoms with E-state index >= 15 is 0 Å². The van der Waals surface area contributed by atoms with Crippen molar-refractivity contribution in [2.24, 2.45) is 0 Å². The molecule has 0 fully saturated rings. The lowest BCUT2D eigenvalue weighted by atomic mass is 10.0. The minimum absolute atomic E-state index is 0.0178. The molecule has 7 nitrogen and oxygen atoms in total. The molecule has 0 spiro atoms. The molecular weight excluding hydrogens is 464 g/mol. The molecule has 2 N–H and O–H groups in total. The Morgan fingerprint density at radius 3 is 2.54 bits per heavy atom. The van der Waals surface area contributed by atoms with Crippen molar-refractivity contribution < 1.29 is 22.7 Å². The minimum atomic E-state index is -3.84. The first-order chi connectivity index (χ1) is 16.9. The Hall–Kier alpha value is -3.88. The van der Waals surface area contributed by atoms with Crippen molar-refractivity contribution >= 4 is 26.7 Å². The van der Waals surface area contributed by atoms with Gasteiger partial charge in [0.05, 0.1) is 10.9 Å². The lowest BCUT2D eigenvalue weighted by Crippen LogP contribution is -2.27. The van der Waals surface area contributed by atoms with Gasteiger partial charge < -0.3 is 14.8 Å². The number of fused-ring (bicyclic) bond motifs is 2. The summed E-state index contributed by atoms with van der Waals surface area (Å²) in [4.78, 5) is 12.9. The second-order valence-corrected chi connectivity index (χ2v) is 10.1. The molecule has 1 aliphatic heterocycles. The van der Waals surface area contributed by atoms with Gasteiger partial charge in [-0.2, -0.15) is 0 Å². The average Bonchev–Trinajstić information content (AvgIpc) is 3.35. The summed E-state index contributed by atoms with van der Waals surface area (Å²) in [6.45, 7) is 2.13. The molecule has 0 bridgehead atoms. The third-order valence-electron chi connectivity index (χ3n) is 5.93. The summed E-state index contributed by atoms with van der Waals surface area (Å²) in [6.07, 6.45) is 0. The lowest BCUT2D eigenvalue weighted by Gasteiger charge is -2.16. The third kappa shape index (κ3) is 4.99. The number of carbonyl (C=O) groups is 1. The fraction of sp³-hybridized carbons (Fsp3) is 0.148. The van der Waals surface area contributed by atoms with Gasteiger partial charge in [-0.05, 0) is 65.2 Å². The fourth-order valence-electron chi connectivity index (χ4n) is 3.96. The van der Waals surface area contributed by atoms with Crippen LogP contribution in [-0.4, -0.2) is 21.1 Å². The number of ether oxygens (including phenoxy) is 2. The number of hydrogen-bond donors (Lipinski definition) is 2. The molecule has 4 aromatic carbocycles. The standard InChI is InChI=1S/C27H24N2O5S/c1-18(21-11-10-20-5-2-3-6-22(20)14-21)29-27(30)23-7-4-8-24(15-23)35(31,32)28-16-19-9-12-25-26(13-19)34-17-33-25/h2-15,18,28H,16-17H2,1H3,(H,29,30). The SMILES string of the molecule is CC(NC(=O)c1cccc(S(=O)(=O)NCc2ccc3c(c2)OCO3)c1)c1ccc2ccccc2c1. The molecule has 0 aromatic heterocycles. The molecular formula is C27H24N2O5S. The van der Waals surface area contributed by atoms with Crippen molar-refractivity contribution in [1.29, 1.82) is 0 Å². The highest BCUT2D eigenvalue weighted by atomic mass is 32.2. The Balaban J connectivity index is 1.27. The van der Waals surface area contributed by atoms with Gasteiger partial charge in [0.1, 0.15) is 0 Å². The molecule has 0 saturated heterocycles. The molecule has 1 unspecified atom stereocenters. The molecule has 1 heterocycles.